The lowest BCUT2D eigenvalue weighted by atomic mass is 10.1. The first-order valence-corrected chi connectivity index (χ1v) is 7.48. The van der Waals surface area contributed by atoms with Gasteiger partial charge >= 0.3 is 0 Å². The van der Waals surface area contributed by atoms with E-state index in [-0.39, 0.29) is 17.5 Å². The summed E-state index contributed by atoms with van der Waals surface area (Å²) >= 11 is 0. The van der Waals surface area contributed by atoms with Crippen LogP contribution in [0.5, 0.6) is 0 Å². The summed E-state index contributed by atoms with van der Waals surface area (Å²) in [5.74, 6) is 0.753. The quantitative estimate of drug-likeness (QED) is 0.865. The molecule has 1 unspecified atom stereocenters. The van der Waals surface area contributed by atoms with Crippen LogP contribution in [0.15, 0.2) is 26.2 Å². The Labute approximate surface area is 116 Å². The molecule has 0 aliphatic heterocycles. The lowest BCUT2D eigenvalue weighted by Crippen LogP contribution is -2.27. The topological polar surface area (TPSA) is 106 Å². The van der Waals surface area contributed by atoms with Crippen molar-refractivity contribution in [3.8, 4) is 0 Å². The first kappa shape index (κ1) is 14.8. The summed E-state index contributed by atoms with van der Waals surface area (Å²) in [6, 6.07) is 2.21. The average molecular weight is 300 g/mol. The number of nitrogens with one attached hydrogen (secondary N) is 1. The number of hydrogen-bond acceptors (Lipinski definition) is 6. The van der Waals surface area contributed by atoms with E-state index in [0.29, 0.717) is 17.0 Å². The van der Waals surface area contributed by atoms with E-state index >= 15 is 0 Å². The van der Waals surface area contributed by atoms with Gasteiger partial charge in [-0.15, -0.1) is 0 Å². The highest BCUT2D eigenvalue weighted by Crippen LogP contribution is 2.23. The largest absolute Gasteiger partial charge is 0.446 e. The average Bonchev–Trinajstić information content (AvgIpc) is 2.96. The second-order valence-electron chi connectivity index (χ2n) is 4.46. The Morgan fingerprint density at radius 3 is 2.60 bits per heavy atom. The monoisotopic (exact) mass is 300 g/mol. The summed E-state index contributed by atoms with van der Waals surface area (Å²) in [7, 11) is -3.81. The lowest BCUT2D eigenvalue weighted by Gasteiger charge is -2.12. The van der Waals surface area contributed by atoms with Gasteiger partial charge in [-0.25, -0.2) is 13.1 Å². The number of aromatic nitrogens is 1. The fourth-order valence-corrected chi connectivity index (χ4v) is 3.21. The van der Waals surface area contributed by atoms with Crippen molar-refractivity contribution in [1.82, 2.24) is 9.88 Å². The van der Waals surface area contributed by atoms with Gasteiger partial charge in [-0.1, -0.05) is 5.16 Å². The molecule has 7 nitrogen and oxygen atoms in total. The van der Waals surface area contributed by atoms with Crippen molar-refractivity contribution in [1.29, 1.82) is 0 Å². The van der Waals surface area contributed by atoms with Crippen molar-refractivity contribution < 1.29 is 22.5 Å². The Bertz CT molecular complexity index is 682. The van der Waals surface area contributed by atoms with Gasteiger partial charge in [0.1, 0.15) is 18.1 Å². The number of nitrogens with zero attached hydrogens (tertiary/aromatic N) is 1. The minimum Gasteiger partial charge on any atom is -0.446 e. The van der Waals surface area contributed by atoms with Gasteiger partial charge in [-0.2, -0.15) is 0 Å². The number of hydrogen-bond donors (Lipinski definition) is 2. The van der Waals surface area contributed by atoms with Crippen LogP contribution >= 0.6 is 0 Å². The molecule has 0 saturated carbocycles. The smallest absolute Gasteiger partial charge is 0.274 e. The highest BCUT2D eigenvalue weighted by Gasteiger charge is 2.25. The molecule has 20 heavy (non-hydrogen) atoms. The molecule has 8 heteroatoms. The zero-order valence-corrected chi connectivity index (χ0v) is 12.2. The van der Waals surface area contributed by atoms with Gasteiger partial charge < -0.3 is 14.0 Å². The van der Waals surface area contributed by atoms with E-state index in [0.717, 1.165) is 0 Å². The molecule has 2 N–H and O–H groups in total. The van der Waals surface area contributed by atoms with E-state index < -0.39 is 16.1 Å². The molecule has 0 bridgehead atoms. The van der Waals surface area contributed by atoms with Crippen molar-refractivity contribution in [3.63, 3.8) is 0 Å². The summed E-state index contributed by atoms with van der Waals surface area (Å²) in [5, 5.41) is 12.4. The van der Waals surface area contributed by atoms with Gasteiger partial charge in [0.05, 0.1) is 5.69 Å². The highest BCUT2D eigenvalue weighted by molar-refractivity contribution is 7.89. The zero-order valence-electron chi connectivity index (χ0n) is 11.4. The molecule has 2 aromatic heterocycles. The van der Waals surface area contributed by atoms with Gasteiger partial charge in [0.15, 0.2) is 0 Å². The Balaban J connectivity index is 2.24. The number of sulfonamides is 1. The Morgan fingerprint density at radius 2 is 2.10 bits per heavy atom. The summed E-state index contributed by atoms with van der Waals surface area (Å²) < 4.78 is 36.8. The van der Waals surface area contributed by atoms with E-state index in [9.17, 15) is 8.42 Å². The van der Waals surface area contributed by atoms with E-state index in [4.69, 9.17) is 14.0 Å². The molecule has 110 valence electrons. The molecular formula is C12H16N2O5S. The van der Waals surface area contributed by atoms with Gasteiger partial charge in [0.2, 0.25) is 5.09 Å². The Kier molecular flexibility index (Phi) is 3.98. The van der Waals surface area contributed by atoms with Crippen LogP contribution < -0.4 is 4.72 Å². The molecule has 0 saturated heterocycles. The Morgan fingerprint density at radius 1 is 1.40 bits per heavy atom. The summed E-state index contributed by atoms with van der Waals surface area (Å²) in [6.07, 6.45) is 0. The second-order valence-corrected chi connectivity index (χ2v) is 6.10. The fourth-order valence-electron chi connectivity index (χ4n) is 2.05. The van der Waals surface area contributed by atoms with Crippen LogP contribution in [0.25, 0.3) is 0 Å². The van der Waals surface area contributed by atoms with Crippen LogP contribution in [0, 0.1) is 13.8 Å². The number of rotatable bonds is 5. The first-order valence-electron chi connectivity index (χ1n) is 6.00. The van der Waals surface area contributed by atoms with E-state index in [1.165, 1.54) is 12.1 Å². The second kappa shape index (κ2) is 5.39. The van der Waals surface area contributed by atoms with Crippen LogP contribution in [0.2, 0.25) is 0 Å². The van der Waals surface area contributed by atoms with Crippen LogP contribution in [0.1, 0.15) is 35.7 Å². The van der Waals surface area contributed by atoms with Crippen molar-refractivity contribution in [2.24, 2.45) is 0 Å². The summed E-state index contributed by atoms with van der Waals surface area (Å²) in [5.41, 5.74) is 1.33. The molecular weight excluding hydrogens is 284 g/mol. The van der Waals surface area contributed by atoms with Crippen molar-refractivity contribution in [2.45, 2.75) is 38.5 Å². The normalized spacial score (nSPS) is 13.6. The van der Waals surface area contributed by atoms with Gasteiger partial charge in [0, 0.05) is 11.6 Å². The van der Waals surface area contributed by atoms with E-state index in [1.807, 2.05) is 0 Å². The predicted molar refractivity (Wildman–Crippen MR) is 69.3 cm³/mol. The number of aliphatic hydroxyl groups excluding tert-OH is 1. The van der Waals surface area contributed by atoms with Crippen LogP contribution in [-0.4, -0.2) is 18.7 Å². The van der Waals surface area contributed by atoms with Crippen molar-refractivity contribution >= 4 is 10.0 Å². The molecule has 0 aromatic carbocycles. The molecule has 0 amide bonds. The molecule has 0 spiro atoms. The third-order valence-corrected chi connectivity index (χ3v) is 4.32. The van der Waals surface area contributed by atoms with Crippen molar-refractivity contribution in [3.05, 3.63) is 34.9 Å². The maximum atomic E-state index is 12.2. The molecule has 2 rings (SSSR count). The van der Waals surface area contributed by atoms with Crippen LogP contribution in [0.3, 0.4) is 0 Å². The molecule has 2 aromatic rings. The van der Waals surface area contributed by atoms with E-state index in [1.54, 1.807) is 20.8 Å². The fraction of sp³-hybridized carbons (Fsp3) is 0.417. The predicted octanol–water partition coefficient (Wildman–Crippen LogP) is 1.42. The SMILES string of the molecule is Cc1noc(C)c1C(C)NS(=O)(=O)c1ccc(CO)o1. The van der Waals surface area contributed by atoms with Crippen LogP contribution in [0.4, 0.5) is 0 Å². The molecule has 1 atom stereocenters. The number of furan rings is 1. The van der Waals surface area contributed by atoms with Gasteiger partial charge in [0.25, 0.3) is 10.0 Å². The third kappa shape index (κ3) is 2.77. The summed E-state index contributed by atoms with van der Waals surface area (Å²) in [6.45, 7) is 4.80. The molecule has 0 radical (unpaired) electrons. The molecule has 0 aliphatic carbocycles. The summed E-state index contributed by atoms with van der Waals surface area (Å²) in [4.78, 5) is 0. The van der Waals surface area contributed by atoms with Gasteiger partial charge in [-0.3, -0.25) is 0 Å². The molecule has 0 aliphatic rings. The van der Waals surface area contributed by atoms with Gasteiger partial charge in [-0.05, 0) is 32.9 Å². The van der Waals surface area contributed by atoms with Crippen molar-refractivity contribution in [2.75, 3.05) is 0 Å². The number of aryl methyl sites for hydroxylation is 2. The molecule has 2 heterocycles. The minimum atomic E-state index is -3.81. The highest BCUT2D eigenvalue weighted by atomic mass is 32.2. The first-order chi connectivity index (χ1) is 9.35. The molecule has 0 fully saturated rings. The van der Waals surface area contributed by atoms with Crippen LogP contribution in [-0.2, 0) is 16.6 Å². The zero-order chi connectivity index (χ0) is 14.9. The lowest BCUT2D eigenvalue weighted by molar-refractivity contribution is 0.236. The Hall–Kier alpha value is -1.64. The maximum Gasteiger partial charge on any atom is 0.274 e. The standard InChI is InChI=1S/C12H16N2O5S/c1-7-12(9(3)19-13-7)8(2)14-20(16,17)11-5-4-10(6-15)18-11/h4-5,8,14-15H,6H2,1-3H3. The maximum absolute atomic E-state index is 12.2. The minimum absolute atomic E-state index is 0.190. The number of aliphatic hydroxyl groups is 1. The third-order valence-electron chi connectivity index (χ3n) is 2.91. The van der Waals surface area contributed by atoms with E-state index in [2.05, 4.69) is 9.88 Å².